The maximum absolute atomic E-state index is 9.44. The number of nitrogens with two attached hydrogens (primary N) is 1. The highest BCUT2D eigenvalue weighted by Crippen LogP contribution is 2.51. The number of rotatable bonds is 5. The highest BCUT2D eigenvalue weighted by molar-refractivity contribution is 5.85. The molecule has 2 aromatic heterocycles. The molecule has 5 N–H and O–H groups in total. The van der Waals surface area contributed by atoms with Crippen molar-refractivity contribution >= 4 is 29.1 Å². The number of fused-ring (bicyclic) bond motifs is 1. The molecule has 0 radical (unpaired) electrons. The molecule has 128 valence electrons. The molecule has 2 saturated carbocycles. The summed E-state index contributed by atoms with van der Waals surface area (Å²) in [6.45, 7) is -0.124. The first-order valence-electron chi connectivity index (χ1n) is 8.35. The summed E-state index contributed by atoms with van der Waals surface area (Å²) in [4.78, 5) is 13.1. The van der Waals surface area contributed by atoms with E-state index in [0.717, 1.165) is 18.4 Å². The Labute approximate surface area is 139 Å². The number of hydrogen-bond acceptors (Lipinski definition) is 7. The maximum atomic E-state index is 9.44. The normalized spacial score (nSPS) is 21.7. The van der Waals surface area contributed by atoms with E-state index in [4.69, 9.17) is 5.73 Å². The predicted octanol–water partition coefficient (Wildman–Crippen LogP) is 0.979. The molecular formula is C16H22N6O2. The minimum atomic E-state index is -0.500. The lowest BCUT2D eigenvalue weighted by Gasteiger charge is -2.13. The molecule has 0 aliphatic heterocycles. The van der Waals surface area contributed by atoms with E-state index >= 15 is 0 Å². The first-order valence-corrected chi connectivity index (χ1v) is 8.35. The van der Waals surface area contributed by atoms with Crippen molar-refractivity contribution in [2.45, 2.75) is 38.1 Å². The monoisotopic (exact) mass is 330 g/mol. The zero-order valence-corrected chi connectivity index (χ0v) is 13.4. The third-order valence-electron chi connectivity index (χ3n) is 5.12. The van der Waals surface area contributed by atoms with Crippen LogP contribution in [0.15, 0.2) is 11.9 Å². The number of aliphatic hydroxyl groups is 2. The summed E-state index contributed by atoms with van der Waals surface area (Å²) in [6.07, 6.45) is 8.93. The molecule has 2 fully saturated rings. The van der Waals surface area contributed by atoms with Gasteiger partial charge in [-0.05, 0) is 24.8 Å². The Bertz CT molecular complexity index is 789. The Balaban J connectivity index is 1.69. The van der Waals surface area contributed by atoms with Crippen LogP contribution in [0.1, 0.15) is 32.1 Å². The minimum absolute atomic E-state index is 0.0619. The summed E-state index contributed by atoms with van der Waals surface area (Å²) in [5.41, 5.74) is 7.67. The van der Waals surface area contributed by atoms with Gasteiger partial charge in [0.1, 0.15) is 6.33 Å². The summed E-state index contributed by atoms with van der Waals surface area (Å²) in [5, 5.41) is 22.3. The van der Waals surface area contributed by atoms with Crippen LogP contribution in [0.2, 0.25) is 0 Å². The van der Waals surface area contributed by atoms with Gasteiger partial charge >= 0.3 is 0 Å². The average molecular weight is 330 g/mol. The summed E-state index contributed by atoms with van der Waals surface area (Å²) in [6, 6.07) is 0.408. The molecule has 0 amide bonds. The van der Waals surface area contributed by atoms with Gasteiger partial charge in [0, 0.05) is 17.7 Å². The molecule has 0 spiro atoms. The molecule has 0 bridgehead atoms. The fourth-order valence-corrected chi connectivity index (χ4v) is 3.43. The van der Waals surface area contributed by atoms with E-state index in [1.807, 2.05) is 6.20 Å². The number of hydrogen-bond donors (Lipinski definition) is 4. The smallest absolute Gasteiger partial charge is 0.224 e. The highest BCUT2D eigenvalue weighted by atomic mass is 16.3. The second kappa shape index (κ2) is 5.71. The SMILES string of the molecule is Nc1nc(NC2CCCC2)c2ncn(/C=C3/CC3(CO)CO)c2n1. The molecule has 8 nitrogen and oxygen atoms in total. The van der Waals surface area contributed by atoms with Crippen LogP contribution in [0.25, 0.3) is 17.4 Å². The van der Waals surface area contributed by atoms with E-state index in [-0.39, 0.29) is 19.2 Å². The first kappa shape index (κ1) is 15.3. The van der Waals surface area contributed by atoms with Gasteiger partial charge in [-0.3, -0.25) is 4.57 Å². The van der Waals surface area contributed by atoms with Gasteiger partial charge in [-0.25, -0.2) is 4.98 Å². The number of nitrogens with zero attached hydrogens (tertiary/aromatic N) is 4. The van der Waals surface area contributed by atoms with Crippen LogP contribution in [0.5, 0.6) is 0 Å². The van der Waals surface area contributed by atoms with E-state index in [1.54, 1.807) is 10.9 Å². The standard InChI is InChI=1S/C16H22N6O2/c17-15-20-13(19-11-3-1-2-4-11)12-14(21-15)22(9-18-12)6-10-5-16(10,7-23)8-24/h6,9,11,23-24H,1-5,7-8H2,(H3,17,19,20,21)/b10-6-. The van der Waals surface area contributed by atoms with Gasteiger partial charge in [0.25, 0.3) is 0 Å². The number of imidazole rings is 1. The topological polar surface area (TPSA) is 122 Å². The number of nitrogen functional groups attached to an aromatic ring is 1. The van der Waals surface area contributed by atoms with Gasteiger partial charge in [0.2, 0.25) is 5.95 Å². The highest BCUT2D eigenvalue weighted by Gasteiger charge is 2.48. The Morgan fingerprint density at radius 2 is 2.04 bits per heavy atom. The van der Waals surface area contributed by atoms with Crippen molar-refractivity contribution in [1.82, 2.24) is 19.5 Å². The van der Waals surface area contributed by atoms with Crippen LogP contribution < -0.4 is 11.1 Å². The average Bonchev–Trinajstić information content (AvgIpc) is 2.89. The van der Waals surface area contributed by atoms with Gasteiger partial charge in [0.15, 0.2) is 17.0 Å². The van der Waals surface area contributed by atoms with Crippen LogP contribution in [-0.4, -0.2) is 49.0 Å². The molecule has 2 aliphatic carbocycles. The fraction of sp³-hybridized carbons (Fsp3) is 0.562. The number of anilines is 2. The van der Waals surface area contributed by atoms with Crippen molar-refractivity contribution < 1.29 is 10.2 Å². The fourth-order valence-electron chi connectivity index (χ4n) is 3.43. The largest absolute Gasteiger partial charge is 0.395 e. The first-order chi connectivity index (χ1) is 11.6. The van der Waals surface area contributed by atoms with Crippen LogP contribution in [-0.2, 0) is 0 Å². The van der Waals surface area contributed by atoms with Crippen LogP contribution in [0.3, 0.4) is 0 Å². The van der Waals surface area contributed by atoms with E-state index in [2.05, 4.69) is 20.3 Å². The third kappa shape index (κ3) is 2.51. The number of nitrogens with one attached hydrogen (secondary N) is 1. The van der Waals surface area contributed by atoms with Crippen LogP contribution in [0.4, 0.5) is 11.8 Å². The Morgan fingerprint density at radius 3 is 2.71 bits per heavy atom. The summed E-state index contributed by atoms with van der Waals surface area (Å²) < 4.78 is 1.79. The van der Waals surface area contributed by atoms with Gasteiger partial charge in [-0.15, -0.1) is 0 Å². The summed E-state index contributed by atoms with van der Waals surface area (Å²) in [5.74, 6) is 0.877. The zero-order chi connectivity index (χ0) is 16.7. The number of aromatic nitrogens is 4. The molecular weight excluding hydrogens is 308 g/mol. The van der Waals surface area contributed by atoms with E-state index in [9.17, 15) is 10.2 Å². The second-order valence-electron chi connectivity index (χ2n) is 6.81. The van der Waals surface area contributed by atoms with E-state index in [0.29, 0.717) is 29.4 Å². The molecule has 0 atom stereocenters. The lowest BCUT2D eigenvalue weighted by molar-refractivity contribution is 0.143. The van der Waals surface area contributed by atoms with Gasteiger partial charge in [-0.1, -0.05) is 12.8 Å². The minimum Gasteiger partial charge on any atom is -0.395 e. The van der Waals surface area contributed by atoms with E-state index in [1.165, 1.54) is 12.8 Å². The van der Waals surface area contributed by atoms with Crippen molar-refractivity contribution in [1.29, 1.82) is 0 Å². The third-order valence-corrected chi connectivity index (χ3v) is 5.12. The van der Waals surface area contributed by atoms with Crippen molar-refractivity contribution in [3.8, 4) is 0 Å². The number of aliphatic hydroxyl groups excluding tert-OH is 2. The zero-order valence-electron chi connectivity index (χ0n) is 13.4. The Kier molecular flexibility index (Phi) is 3.65. The lowest BCUT2D eigenvalue weighted by Crippen LogP contribution is -2.16. The molecule has 8 heteroatoms. The van der Waals surface area contributed by atoms with E-state index < -0.39 is 5.41 Å². The van der Waals surface area contributed by atoms with Crippen LogP contribution in [0, 0.1) is 5.41 Å². The lowest BCUT2D eigenvalue weighted by atomic mass is 10.1. The molecule has 0 saturated heterocycles. The Hall–Kier alpha value is -2.19. The molecule has 0 aromatic carbocycles. The van der Waals surface area contributed by atoms with Gasteiger partial charge in [0.05, 0.1) is 13.2 Å². The van der Waals surface area contributed by atoms with Crippen molar-refractivity contribution in [2.75, 3.05) is 24.3 Å². The second-order valence-corrected chi connectivity index (χ2v) is 6.81. The molecule has 0 unspecified atom stereocenters. The van der Waals surface area contributed by atoms with Crippen molar-refractivity contribution in [3.05, 3.63) is 11.9 Å². The van der Waals surface area contributed by atoms with Crippen molar-refractivity contribution in [3.63, 3.8) is 0 Å². The summed E-state index contributed by atoms with van der Waals surface area (Å²) >= 11 is 0. The molecule has 4 rings (SSSR count). The van der Waals surface area contributed by atoms with Crippen LogP contribution >= 0.6 is 0 Å². The molecule has 24 heavy (non-hydrogen) atoms. The molecule has 2 heterocycles. The molecule has 2 aliphatic rings. The Morgan fingerprint density at radius 1 is 1.29 bits per heavy atom. The predicted molar refractivity (Wildman–Crippen MR) is 91.1 cm³/mol. The summed E-state index contributed by atoms with van der Waals surface area (Å²) in [7, 11) is 0. The van der Waals surface area contributed by atoms with Gasteiger partial charge in [-0.2, -0.15) is 9.97 Å². The van der Waals surface area contributed by atoms with Gasteiger partial charge < -0.3 is 21.3 Å². The quantitative estimate of drug-likeness (QED) is 0.644. The maximum Gasteiger partial charge on any atom is 0.224 e. The molecule has 2 aromatic rings. The van der Waals surface area contributed by atoms with Crippen molar-refractivity contribution in [2.24, 2.45) is 5.41 Å².